The van der Waals surface area contributed by atoms with E-state index < -0.39 is 12.1 Å². The van der Waals surface area contributed by atoms with Gasteiger partial charge in [0.25, 0.3) is 0 Å². The molecule has 0 spiro atoms. The number of ether oxygens (including phenoxy) is 3. The predicted molar refractivity (Wildman–Crippen MR) is 251 cm³/mol. The maximum atomic E-state index is 12.7. The van der Waals surface area contributed by atoms with Crippen molar-refractivity contribution in [1.29, 1.82) is 0 Å². The minimum atomic E-state index is -0.840. The Bertz CT molecular complexity index is 1300. The first kappa shape index (κ1) is 54.8. The van der Waals surface area contributed by atoms with E-state index in [2.05, 4.69) is 81.5 Å². The van der Waals surface area contributed by atoms with E-state index in [1.165, 1.54) is 51.4 Å². The minimum Gasteiger partial charge on any atom is -0.462 e. The van der Waals surface area contributed by atoms with Crippen LogP contribution in [0.4, 0.5) is 0 Å². The zero-order valence-corrected chi connectivity index (χ0v) is 37.5. The van der Waals surface area contributed by atoms with Crippen LogP contribution < -0.4 is 0 Å². The lowest BCUT2D eigenvalue weighted by atomic mass is 10.1. The standard InChI is InChI=1S/C53H82O6/c1-4-7-10-13-16-19-21-23-25-26-28-29-31-34-37-40-43-46-52(55)58-49-50(48-57-51(54)45-42-39-36-33-18-15-12-9-6-3)59-53(56)47-44-41-38-35-32-30-27-24-22-20-17-14-11-8-5-2/h8-9,11-12,14,16-20,22-25,27,30,32-33,39,42,50H,4-7,10,13,15,21,26,28-29,31,34-38,40-41,43-49H2,1-3H3/b11-8-,12-9-,17-14-,19-16-,22-20-,25-23-,27-24-,32-30-,33-18-,42-39-. The van der Waals surface area contributed by atoms with Crippen LogP contribution in [-0.2, 0) is 28.6 Å². The molecular weight excluding hydrogens is 733 g/mol. The predicted octanol–water partition coefficient (Wildman–Crippen LogP) is 15.0. The summed E-state index contributed by atoms with van der Waals surface area (Å²) in [6.45, 7) is 6.18. The fourth-order valence-electron chi connectivity index (χ4n) is 5.67. The molecule has 0 bridgehead atoms. The summed E-state index contributed by atoms with van der Waals surface area (Å²) < 4.78 is 16.5. The molecule has 0 fully saturated rings. The third-order valence-electron chi connectivity index (χ3n) is 9.09. The molecular formula is C53H82O6. The van der Waals surface area contributed by atoms with Gasteiger partial charge in [-0.15, -0.1) is 0 Å². The highest BCUT2D eigenvalue weighted by atomic mass is 16.6. The number of hydrogen-bond donors (Lipinski definition) is 0. The first-order chi connectivity index (χ1) is 29.0. The first-order valence-electron chi connectivity index (χ1n) is 23.1. The Morgan fingerprint density at radius 3 is 1.41 bits per heavy atom. The lowest BCUT2D eigenvalue weighted by Crippen LogP contribution is -2.30. The number of allylic oxidation sites excluding steroid dienone is 19. The van der Waals surface area contributed by atoms with Gasteiger partial charge in [-0.2, -0.15) is 0 Å². The maximum Gasteiger partial charge on any atom is 0.309 e. The largest absolute Gasteiger partial charge is 0.462 e. The van der Waals surface area contributed by atoms with Crippen molar-refractivity contribution in [2.24, 2.45) is 0 Å². The number of hydrogen-bond acceptors (Lipinski definition) is 6. The lowest BCUT2D eigenvalue weighted by Gasteiger charge is -2.18. The van der Waals surface area contributed by atoms with Crippen LogP contribution in [0.1, 0.15) is 175 Å². The van der Waals surface area contributed by atoms with Crippen molar-refractivity contribution in [2.75, 3.05) is 13.2 Å². The second kappa shape index (κ2) is 46.5. The molecule has 0 aromatic carbocycles. The summed E-state index contributed by atoms with van der Waals surface area (Å²) in [4.78, 5) is 37.7. The Morgan fingerprint density at radius 1 is 0.390 bits per heavy atom. The molecule has 0 amide bonds. The van der Waals surface area contributed by atoms with Gasteiger partial charge in [0.05, 0.1) is 6.42 Å². The summed E-state index contributed by atoms with van der Waals surface area (Å²) in [5.41, 5.74) is 0. The Balaban J connectivity index is 4.52. The summed E-state index contributed by atoms with van der Waals surface area (Å²) in [7, 11) is 0. The van der Waals surface area contributed by atoms with Gasteiger partial charge >= 0.3 is 17.9 Å². The molecule has 1 unspecified atom stereocenters. The van der Waals surface area contributed by atoms with E-state index in [0.717, 1.165) is 77.0 Å². The highest BCUT2D eigenvalue weighted by molar-refractivity contribution is 5.72. The zero-order valence-electron chi connectivity index (χ0n) is 37.5. The normalized spacial score (nSPS) is 13.2. The van der Waals surface area contributed by atoms with E-state index in [1.54, 1.807) is 6.08 Å². The van der Waals surface area contributed by atoms with Crippen LogP contribution in [0, 0.1) is 0 Å². The molecule has 0 aromatic heterocycles. The van der Waals surface area contributed by atoms with Crippen LogP contribution in [0.15, 0.2) is 122 Å². The monoisotopic (exact) mass is 815 g/mol. The molecule has 0 aromatic rings. The van der Waals surface area contributed by atoms with Crippen LogP contribution in [0.25, 0.3) is 0 Å². The van der Waals surface area contributed by atoms with E-state index in [9.17, 15) is 14.4 Å². The van der Waals surface area contributed by atoms with Crippen molar-refractivity contribution in [2.45, 2.75) is 181 Å². The zero-order chi connectivity index (χ0) is 43.0. The van der Waals surface area contributed by atoms with E-state index in [-0.39, 0.29) is 38.0 Å². The topological polar surface area (TPSA) is 78.9 Å². The van der Waals surface area contributed by atoms with Gasteiger partial charge in [0.2, 0.25) is 0 Å². The summed E-state index contributed by atoms with van der Waals surface area (Å²) in [6.07, 6.45) is 63.6. The van der Waals surface area contributed by atoms with Gasteiger partial charge in [0.15, 0.2) is 6.10 Å². The lowest BCUT2D eigenvalue weighted by molar-refractivity contribution is -0.166. The van der Waals surface area contributed by atoms with Crippen molar-refractivity contribution < 1.29 is 28.6 Å². The van der Waals surface area contributed by atoms with Crippen molar-refractivity contribution in [3.8, 4) is 0 Å². The average molecular weight is 815 g/mol. The molecule has 0 N–H and O–H groups in total. The minimum absolute atomic E-state index is 0.118. The van der Waals surface area contributed by atoms with Crippen LogP contribution in [0.2, 0.25) is 0 Å². The van der Waals surface area contributed by atoms with Crippen molar-refractivity contribution in [1.82, 2.24) is 0 Å². The number of carbonyl (C=O) groups excluding carboxylic acids is 3. The van der Waals surface area contributed by atoms with Gasteiger partial charge in [0.1, 0.15) is 13.2 Å². The molecule has 0 aliphatic rings. The van der Waals surface area contributed by atoms with Gasteiger partial charge in [-0.1, -0.05) is 194 Å². The van der Waals surface area contributed by atoms with Gasteiger partial charge < -0.3 is 14.2 Å². The Kier molecular flexibility index (Phi) is 43.2. The van der Waals surface area contributed by atoms with Crippen LogP contribution in [-0.4, -0.2) is 37.2 Å². The smallest absolute Gasteiger partial charge is 0.309 e. The Hall–Kier alpha value is -4.19. The SMILES string of the molecule is CC\C=C/C=C\C=C/C=C\C=C/CCCCCC(=O)OC(COC(=O)C/C=C\C/C=C\C/C=C\CC)COC(=O)CCCCCCCCC/C=C\C/C=C\CCCCC. The molecule has 1 atom stereocenters. The molecule has 6 heteroatoms. The Labute approximate surface area is 361 Å². The Morgan fingerprint density at radius 2 is 0.814 bits per heavy atom. The summed E-state index contributed by atoms with van der Waals surface area (Å²) in [5, 5.41) is 0. The fourth-order valence-corrected chi connectivity index (χ4v) is 5.67. The summed E-state index contributed by atoms with van der Waals surface area (Å²) >= 11 is 0. The molecule has 0 heterocycles. The quantitative estimate of drug-likeness (QED) is 0.0202. The molecule has 330 valence electrons. The first-order valence-corrected chi connectivity index (χ1v) is 23.1. The van der Waals surface area contributed by atoms with E-state index in [0.29, 0.717) is 12.8 Å². The molecule has 59 heavy (non-hydrogen) atoms. The maximum absolute atomic E-state index is 12.7. The van der Waals surface area contributed by atoms with E-state index in [1.807, 2.05) is 54.7 Å². The second-order valence-electron chi connectivity index (χ2n) is 14.7. The molecule has 0 radical (unpaired) electrons. The van der Waals surface area contributed by atoms with Crippen molar-refractivity contribution in [3.05, 3.63) is 122 Å². The van der Waals surface area contributed by atoms with Gasteiger partial charge in [0, 0.05) is 12.8 Å². The number of carbonyl (C=O) groups is 3. The molecule has 0 saturated heterocycles. The molecule has 0 aliphatic heterocycles. The van der Waals surface area contributed by atoms with Gasteiger partial charge in [-0.05, 0) is 83.5 Å². The summed E-state index contributed by atoms with van der Waals surface area (Å²) in [5.74, 6) is -1.12. The fraction of sp³-hybridized carbons (Fsp3) is 0.566. The number of esters is 3. The molecule has 6 nitrogen and oxygen atoms in total. The van der Waals surface area contributed by atoms with Gasteiger partial charge in [-0.25, -0.2) is 0 Å². The number of rotatable bonds is 39. The summed E-state index contributed by atoms with van der Waals surface area (Å²) in [6, 6.07) is 0. The highest BCUT2D eigenvalue weighted by Gasteiger charge is 2.19. The van der Waals surface area contributed by atoms with Crippen LogP contribution in [0.5, 0.6) is 0 Å². The van der Waals surface area contributed by atoms with E-state index >= 15 is 0 Å². The third kappa shape index (κ3) is 44.8. The second-order valence-corrected chi connectivity index (χ2v) is 14.7. The van der Waals surface area contributed by atoms with E-state index in [4.69, 9.17) is 14.2 Å². The van der Waals surface area contributed by atoms with Crippen LogP contribution in [0.3, 0.4) is 0 Å². The molecule has 0 aliphatic carbocycles. The average Bonchev–Trinajstić information content (AvgIpc) is 3.23. The van der Waals surface area contributed by atoms with Crippen LogP contribution >= 0.6 is 0 Å². The van der Waals surface area contributed by atoms with Crippen molar-refractivity contribution in [3.63, 3.8) is 0 Å². The molecule has 0 rings (SSSR count). The highest BCUT2D eigenvalue weighted by Crippen LogP contribution is 2.12. The number of unbranched alkanes of at least 4 members (excludes halogenated alkanes) is 13. The van der Waals surface area contributed by atoms with Crippen molar-refractivity contribution >= 4 is 17.9 Å². The third-order valence-corrected chi connectivity index (χ3v) is 9.09. The van der Waals surface area contributed by atoms with Gasteiger partial charge in [-0.3, -0.25) is 14.4 Å². The molecule has 0 saturated carbocycles.